The van der Waals surface area contributed by atoms with E-state index >= 15 is 0 Å². The molecule has 0 atom stereocenters. The molecule has 1 amide bonds. The molecule has 0 N–H and O–H groups in total. The van der Waals surface area contributed by atoms with Gasteiger partial charge in [-0.05, 0) is 48.2 Å². The van der Waals surface area contributed by atoms with Crippen molar-refractivity contribution in [3.63, 3.8) is 0 Å². The lowest BCUT2D eigenvalue weighted by atomic mass is 9.86. The number of likely N-dealkylation sites (tertiary alicyclic amines) is 1. The summed E-state index contributed by atoms with van der Waals surface area (Å²) in [7, 11) is 2.15. The lowest BCUT2D eigenvalue weighted by Crippen LogP contribution is -2.49. The van der Waals surface area contributed by atoms with Crippen molar-refractivity contribution in [2.24, 2.45) is 0 Å². The van der Waals surface area contributed by atoms with Crippen LogP contribution in [0.25, 0.3) is 5.57 Å². The van der Waals surface area contributed by atoms with Crippen LogP contribution < -0.4 is 0 Å². The van der Waals surface area contributed by atoms with Gasteiger partial charge in [-0.2, -0.15) is 0 Å². The van der Waals surface area contributed by atoms with Crippen molar-refractivity contribution in [1.29, 1.82) is 0 Å². The van der Waals surface area contributed by atoms with E-state index in [-0.39, 0.29) is 0 Å². The number of piperazine rings is 1. The van der Waals surface area contributed by atoms with E-state index in [1.54, 1.807) is 0 Å². The first-order chi connectivity index (χ1) is 15.2. The minimum absolute atomic E-state index is 0.297. The molecule has 2 aromatic carbocycles. The zero-order valence-corrected chi connectivity index (χ0v) is 19.2. The Morgan fingerprint density at radius 1 is 0.871 bits per heavy atom. The van der Waals surface area contributed by atoms with Crippen molar-refractivity contribution in [1.82, 2.24) is 14.7 Å². The molecule has 2 fully saturated rings. The number of amides is 1. The second-order valence-corrected chi connectivity index (χ2v) is 9.90. The molecule has 2 saturated heterocycles. The van der Waals surface area contributed by atoms with E-state index in [4.69, 9.17) is 0 Å². The van der Waals surface area contributed by atoms with Crippen molar-refractivity contribution in [2.45, 2.75) is 23.5 Å². The Morgan fingerprint density at radius 2 is 1.55 bits per heavy atom. The van der Waals surface area contributed by atoms with Gasteiger partial charge < -0.3 is 9.80 Å². The van der Waals surface area contributed by atoms with Gasteiger partial charge in [-0.3, -0.25) is 9.69 Å². The highest BCUT2D eigenvalue weighted by molar-refractivity contribution is 7.98. The Morgan fingerprint density at radius 3 is 2.32 bits per heavy atom. The zero-order valence-electron chi connectivity index (χ0n) is 18.3. The maximum Gasteiger partial charge on any atom is 0.236 e. The minimum atomic E-state index is 0.297. The first kappa shape index (κ1) is 20.8. The number of thioether (sulfide) groups is 1. The van der Waals surface area contributed by atoms with Crippen LogP contribution in [0.5, 0.6) is 0 Å². The van der Waals surface area contributed by atoms with Crippen LogP contribution >= 0.6 is 11.8 Å². The highest BCUT2D eigenvalue weighted by atomic mass is 32.2. The number of hydrogen-bond donors (Lipinski definition) is 0. The molecule has 0 radical (unpaired) electrons. The second-order valence-electron chi connectivity index (χ2n) is 8.88. The average molecular weight is 434 g/mol. The fourth-order valence-electron chi connectivity index (χ4n) is 4.94. The van der Waals surface area contributed by atoms with Crippen molar-refractivity contribution >= 4 is 23.2 Å². The first-order valence-electron chi connectivity index (χ1n) is 11.4. The van der Waals surface area contributed by atoms with E-state index < -0.39 is 0 Å². The van der Waals surface area contributed by atoms with Crippen molar-refractivity contribution in [3.8, 4) is 0 Å². The van der Waals surface area contributed by atoms with E-state index in [0.717, 1.165) is 57.9 Å². The highest BCUT2D eigenvalue weighted by Crippen LogP contribution is 2.43. The van der Waals surface area contributed by atoms with Gasteiger partial charge in [-0.1, -0.05) is 48.0 Å². The van der Waals surface area contributed by atoms with Gasteiger partial charge in [-0.15, -0.1) is 11.8 Å². The highest BCUT2D eigenvalue weighted by Gasteiger charge is 2.27. The number of fused-ring (bicyclic) bond motifs is 2. The predicted molar refractivity (Wildman–Crippen MR) is 128 cm³/mol. The first-order valence-corrected chi connectivity index (χ1v) is 12.4. The monoisotopic (exact) mass is 433 g/mol. The third-order valence-corrected chi connectivity index (χ3v) is 7.98. The second kappa shape index (κ2) is 9.19. The van der Waals surface area contributed by atoms with E-state index in [2.05, 4.69) is 70.3 Å². The number of carbonyl (C=O) groups excluding carboxylic acids is 1. The van der Waals surface area contributed by atoms with Gasteiger partial charge in [0.05, 0.1) is 6.54 Å². The summed E-state index contributed by atoms with van der Waals surface area (Å²) in [5.41, 5.74) is 7.09. The Labute approximate surface area is 189 Å². The Balaban J connectivity index is 1.36. The summed E-state index contributed by atoms with van der Waals surface area (Å²) < 4.78 is 0. The van der Waals surface area contributed by atoms with Gasteiger partial charge in [-0.25, -0.2) is 0 Å². The fourth-order valence-corrected chi connectivity index (χ4v) is 6.01. The van der Waals surface area contributed by atoms with Gasteiger partial charge in [0.15, 0.2) is 0 Å². The molecular weight excluding hydrogens is 402 g/mol. The molecule has 3 aliphatic heterocycles. The molecule has 3 aliphatic rings. The fraction of sp³-hybridized carbons (Fsp3) is 0.423. The summed E-state index contributed by atoms with van der Waals surface area (Å²) >= 11 is 1.94. The van der Waals surface area contributed by atoms with Gasteiger partial charge in [0, 0.05) is 49.9 Å². The molecule has 4 nitrogen and oxygen atoms in total. The molecule has 2 aromatic rings. The van der Waals surface area contributed by atoms with Crippen LogP contribution in [0.1, 0.15) is 29.5 Å². The molecule has 5 rings (SSSR count). The van der Waals surface area contributed by atoms with Crippen LogP contribution in [0.4, 0.5) is 0 Å². The predicted octanol–water partition coefficient (Wildman–Crippen LogP) is 3.96. The number of benzene rings is 2. The van der Waals surface area contributed by atoms with Crippen LogP contribution in [0.15, 0.2) is 59.0 Å². The molecule has 0 unspecified atom stereocenters. The minimum Gasteiger partial charge on any atom is -0.341 e. The van der Waals surface area contributed by atoms with Crippen molar-refractivity contribution < 1.29 is 4.79 Å². The maximum atomic E-state index is 12.9. The van der Waals surface area contributed by atoms with E-state index in [9.17, 15) is 4.79 Å². The molecule has 31 heavy (non-hydrogen) atoms. The quantitative estimate of drug-likeness (QED) is 0.716. The molecule has 3 heterocycles. The van der Waals surface area contributed by atoms with Crippen LogP contribution in [0.2, 0.25) is 0 Å². The number of nitrogens with zero attached hydrogens (tertiary/aromatic N) is 3. The normalized spacial score (nSPS) is 20.2. The standard InChI is InChI=1S/C26H31N3OS/c1-27-14-16-28(17-15-27)18-25(30)29-12-10-20(11-13-29)26-22-7-3-2-6-21(22)19-31-24-9-5-4-8-23(24)26/h2-9H,10-19H2,1H3. The average Bonchev–Trinajstić information content (AvgIpc) is 2.98. The van der Waals surface area contributed by atoms with Gasteiger partial charge in [0.2, 0.25) is 5.91 Å². The topological polar surface area (TPSA) is 26.8 Å². The molecule has 0 spiro atoms. The van der Waals surface area contributed by atoms with E-state index in [1.807, 2.05) is 11.8 Å². The molecule has 162 valence electrons. The number of hydrogen-bond acceptors (Lipinski definition) is 4. The molecule has 0 aromatic heterocycles. The molecule has 0 aliphatic carbocycles. The summed E-state index contributed by atoms with van der Waals surface area (Å²) in [5.74, 6) is 1.31. The smallest absolute Gasteiger partial charge is 0.236 e. The van der Waals surface area contributed by atoms with Crippen molar-refractivity contribution in [2.75, 3.05) is 52.9 Å². The lowest BCUT2D eigenvalue weighted by molar-refractivity contribution is -0.133. The SMILES string of the molecule is CN1CCN(CC(=O)N2CCC(=C3c4ccccc4CSc4ccccc43)CC2)CC1. The van der Waals surface area contributed by atoms with Gasteiger partial charge in [0.25, 0.3) is 0 Å². The number of carbonyl (C=O) groups is 1. The van der Waals surface area contributed by atoms with Crippen LogP contribution in [0.3, 0.4) is 0 Å². The number of piperidine rings is 1. The maximum absolute atomic E-state index is 12.9. The third-order valence-electron chi connectivity index (χ3n) is 6.85. The third kappa shape index (κ3) is 4.45. The largest absolute Gasteiger partial charge is 0.341 e. The van der Waals surface area contributed by atoms with E-state index in [1.165, 1.54) is 32.7 Å². The van der Waals surface area contributed by atoms with Crippen LogP contribution in [-0.2, 0) is 10.5 Å². The summed E-state index contributed by atoms with van der Waals surface area (Å²) in [6.45, 7) is 6.35. The molecular formula is C26H31N3OS. The zero-order chi connectivity index (χ0) is 21.2. The van der Waals surface area contributed by atoms with Gasteiger partial charge in [0.1, 0.15) is 0 Å². The van der Waals surface area contributed by atoms with Crippen LogP contribution in [0, 0.1) is 0 Å². The Hall–Kier alpha value is -2.08. The number of likely N-dealkylation sites (N-methyl/N-ethyl adjacent to an activating group) is 1. The lowest BCUT2D eigenvalue weighted by Gasteiger charge is -2.35. The number of rotatable bonds is 2. The molecule has 0 saturated carbocycles. The van der Waals surface area contributed by atoms with Crippen molar-refractivity contribution in [3.05, 3.63) is 70.8 Å². The van der Waals surface area contributed by atoms with Gasteiger partial charge >= 0.3 is 0 Å². The Bertz CT molecular complexity index is 934. The molecule has 0 bridgehead atoms. The van der Waals surface area contributed by atoms with Crippen LogP contribution in [-0.4, -0.2) is 73.5 Å². The molecule has 5 heteroatoms. The summed E-state index contributed by atoms with van der Waals surface area (Å²) in [6.07, 6.45) is 1.94. The van der Waals surface area contributed by atoms with E-state index in [0.29, 0.717) is 12.5 Å². The summed E-state index contributed by atoms with van der Waals surface area (Å²) in [4.78, 5) is 21.0. The summed E-state index contributed by atoms with van der Waals surface area (Å²) in [6, 6.07) is 17.7. The Kier molecular flexibility index (Phi) is 6.17. The summed E-state index contributed by atoms with van der Waals surface area (Å²) in [5, 5.41) is 0.